The number of pyridine rings is 1. The molecule has 1 aliphatic rings. The van der Waals surface area contributed by atoms with Crippen LogP contribution in [0.5, 0.6) is 0 Å². The first-order valence-corrected chi connectivity index (χ1v) is 6.58. The van der Waals surface area contributed by atoms with Crippen LogP contribution >= 0.6 is 11.6 Å². The average molecular weight is 263 g/mol. The standard InChI is InChI=1S/C14H15ClN2O/c15-10-1-2-11-12(3-5-16-14(11)9-10)13-4-7-18-8-6-17-13/h1-3,5,9,13,17H,4,6-8H2. The molecule has 0 saturated carbocycles. The molecule has 2 heterocycles. The van der Waals surface area contributed by atoms with Crippen molar-refractivity contribution in [2.24, 2.45) is 0 Å². The third-order valence-electron chi connectivity index (χ3n) is 3.30. The van der Waals surface area contributed by atoms with Crippen molar-refractivity contribution in [2.45, 2.75) is 12.5 Å². The van der Waals surface area contributed by atoms with Gasteiger partial charge in [-0.3, -0.25) is 4.98 Å². The summed E-state index contributed by atoms with van der Waals surface area (Å²) in [5.74, 6) is 0. The van der Waals surface area contributed by atoms with Gasteiger partial charge in [0.2, 0.25) is 0 Å². The Bertz CT molecular complexity index is 550. The zero-order valence-electron chi connectivity index (χ0n) is 10.0. The molecule has 4 heteroatoms. The second-order valence-corrected chi connectivity index (χ2v) is 4.91. The van der Waals surface area contributed by atoms with Crippen molar-refractivity contribution in [1.29, 1.82) is 0 Å². The smallest absolute Gasteiger partial charge is 0.0720 e. The van der Waals surface area contributed by atoms with E-state index in [4.69, 9.17) is 16.3 Å². The Morgan fingerprint density at radius 3 is 3.17 bits per heavy atom. The van der Waals surface area contributed by atoms with E-state index in [1.807, 2.05) is 24.4 Å². The molecule has 0 spiro atoms. The molecule has 0 bridgehead atoms. The minimum atomic E-state index is 0.333. The Balaban J connectivity index is 2.04. The van der Waals surface area contributed by atoms with E-state index < -0.39 is 0 Å². The number of nitrogens with one attached hydrogen (secondary N) is 1. The van der Waals surface area contributed by atoms with Gasteiger partial charge in [0.1, 0.15) is 0 Å². The Morgan fingerprint density at radius 1 is 1.28 bits per heavy atom. The van der Waals surface area contributed by atoms with Crippen molar-refractivity contribution in [3.05, 3.63) is 41.0 Å². The van der Waals surface area contributed by atoms with Gasteiger partial charge in [-0.2, -0.15) is 0 Å². The highest BCUT2D eigenvalue weighted by Crippen LogP contribution is 2.27. The Kier molecular flexibility index (Phi) is 3.46. The molecule has 3 nitrogen and oxygen atoms in total. The fourth-order valence-electron chi connectivity index (χ4n) is 2.42. The molecule has 3 rings (SSSR count). The molecule has 1 N–H and O–H groups in total. The predicted molar refractivity (Wildman–Crippen MR) is 72.9 cm³/mol. The van der Waals surface area contributed by atoms with Crippen LogP contribution in [0.1, 0.15) is 18.0 Å². The molecule has 0 aliphatic carbocycles. The number of halogens is 1. The summed E-state index contributed by atoms with van der Waals surface area (Å²) in [5.41, 5.74) is 2.23. The van der Waals surface area contributed by atoms with Crippen LogP contribution in [-0.2, 0) is 4.74 Å². The molecule has 1 atom stereocenters. The lowest BCUT2D eigenvalue weighted by atomic mass is 10.00. The van der Waals surface area contributed by atoms with Crippen LogP contribution in [0.3, 0.4) is 0 Å². The van der Waals surface area contributed by atoms with Crippen molar-refractivity contribution in [3.63, 3.8) is 0 Å². The van der Waals surface area contributed by atoms with Gasteiger partial charge in [-0.15, -0.1) is 0 Å². The summed E-state index contributed by atoms with van der Waals surface area (Å²) >= 11 is 6.01. The molecule has 1 fully saturated rings. The first-order chi connectivity index (χ1) is 8.84. The Morgan fingerprint density at radius 2 is 2.22 bits per heavy atom. The maximum atomic E-state index is 6.01. The van der Waals surface area contributed by atoms with Crippen molar-refractivity contribution in [1.82, 2.24) is 10.3 Å². The highest BCUT2D eigenvalue weighted by atomic mass is 35.5. The van der Waals surface area contributed by atoms with E-state index in [2.05, 4.69) is 16.4 Å². The van der Waals surface area contributed by atoms with Gasteiger partial charge in [0.05, 0.1) is 12.1 Å². The molecular weight excluding hydrogens is 248 g/mol. The summed E-state index contributed by atoms with van der Waals surface area (Å²) in [5, 5.41) is 5.41. The second kappa shape index (κ2) is 5.22. The first-order valence-electron chi connectivity index (χ1n) is 6.20. The van der Waals surface area contributed by atoms with Crippen LogP contribution in [0.25, 0.3) is 10.9 Å². The number of fused-ring (bicyclic) bond motifs is 1. The zero-order chi connectivity index (χ0) is 12.4. The number of ether oxygens (including phenoxy) is 1. The molecule has 1 aromatic carbocycles. The summed E-state index contributed by atoms with van der Waals surface area (Å²) < 4.78 is 5.48. The lowest BCUT2D eigenvalue weighted by molar-refractivity contribution is 0.150. The summed E-state index contributed by atoms with van der Waals surface area (Å²) in [6, 6.07) is 8.29. The van der Waals surface area contributed by atoms with Crippen LogP contribution in [0, 0.1) is 0 Å². The van der Waals surface area contributed by atoms with Gasteiger partial charge >= 0.3 is 0 Å². The van der Waals surface area contributed by atoms with Crippen molar-refractivity contribution < 1.29 is 4.74 Å². The summed E-state index contributed by atoms with van der Waals surface area (Å²) in [4.78, 5) is 4.38. The fraction of sp³-hybridized carbons (Fsp3) is 0.357. The van der Waals surface area contributed by atoms with Crippen LogP contribution < -0.4 is 5.32 Å². The summed E-state index contributed by atoms with van der Waals surface area (Å²) in [6.07, 6.45) is 2.84. The average Bonchev–Trinajstić information content (AvgIpc) is 2.66. The molecule has 1 unspecified atom stereocenters. The van der Waals surface area contributed by atoms with Gasteiger partial charge in [-0.05, 0) is 30.2 Å². The van der Waals surface area contributed by atoms with Crippen LogP contribution in [0.4, 0.5) is 0 Å². The molecule has 18 heavy (non-hydrogen) atoms. The van der Waals surface area contributed by atoms with E-state index >= 15 is 0 Å². The van der Waals surface area contributed by atoms with E-state index in [0.29, 0.717) is 6.04 Å². The highest BCUT2D eigenvalue weighted by Gasteiger charge is 2.16. The first kappa shape index (κ1) is 11.9. The van der Waals surface area contributed by atoms with E-state index in [9.17, 15) is 0 Å². The van der Waals surface area contributed by atoms with Crippen molar-refractivity contribution in [2.75, 3.05) is 19.8 Å². The maximum Gasteiger partial charge on any atom is 0.0720 e. The molecule has 94 valence electrons. The SMILES string of the molecule is Clc1ccc2c(C3CCOCCN3)ccnc2c1. The number of rotatable bonds is 1. The number of aromatic nitrogens is 1. The van der Waals surface area contributed by atoms with Gasteiger partial charge < -0.3 is 10.1 Å². The topological polar surface area (TPSA) is 34.1 Å². The third kappa shape index (κ3) is 2.34. The summed E-state index contributed by atoms with van der Waals surface area (Å²) in [7, 11) is 0. The Labute approximate surface area is 111 Å². The number of benzene rings is 1. The van der Waals surface area contributed by atoms with Crippen molar-refractivity contribution in [3.8, 4) is 0 Å². The van der Waals surface area contributed by atoms with E-state index in [1.54, 1.807) is 0 Å². The quantitative estimate of drug-likeness (QED) is 0.858. The number of hydrogen-bond donors (Lipinski definition) is 1. The second-order valence-electron chi connectivity index (χ2n) is 4.47. The van der Waals surface area contributed by atoms with Gasteiger partial charge in [0.25, 0.3) is 0 Å². The molecule has 1 aliphatic heterocycles. The number of hydrogen-bond acceptors (Lipinski definition) is 3. The van der Waals surface area contributed by atoms with Crippen molar-refractivity contribution >= 4 is 22.5 Å². The largest absolute Gasteiger partial charge is 0.380 e. The van der Waals surface area contributed by atoms with E-state index in [1.165, 1.54) is 10.9 Å². The predicted octanol–water partition coefficient (Wildman–Crippen LogP) is 2.94. The number of nitrogens with zero attached hydrogens (tertiary/aromatic N) is 1. The molecular formula is C14H15ClN2O. The monoisotopic (exact) mass is 262 g/mol. The van der Waals surface area contributed by atoms with Crippen LogP contribution in [0.15, 0.2) is 30.5 Å². The minimum absolute atomic E-state index is 0.333. The molecule has 0 radical (unpaired) electrons. The summed E-state index contributed by atoms with van der Waals surface area (Å²) in [6.45, 7) is 2.47. The van der Waals surface area contributed by atoms with Gasteiger partial charge in [0.15, 0.2) is 0 Å². The molecule has 1 saturated heterocycles. The third-order valence-corrected chi connectivity index (χ3v) is 3.54. The van der Waals surface area contributed by atoms with Crippen LogP contribution in [-0.4, -0.2) is 24.7 Å². The lowest BCUT2D eigenvalue weighted by Crippen LogP contribution is -2.22. The minimum Gasteiger partial charge on any atom is -0.380 e. The molecule has 0 amide bonds. The van der Waals surface area contributed by atoms with E-state index in [0.717, 1.165) is 36.7 Å². The van der Waals surface area contributed by atoms with Crippen LogP contribution in [0.2, 0.25) is 5.02 Å². The lowest BCUT2D eigenvalue weighted by Gasteiger charge is -2.17. The maximum absolute atomic E-state index is 6.01. The van der Waals surface area contributed by atoms with Gasteiger partial charge in [-0.1, -0.05) is 17.7 Å². The normalized spacial score (nSPS) is 20.8. The van der Waals surface area contributed by atoms with Gasteiger partial charge in [-0.25, -0.2) is 0 Å². The fourth-order valence-corrected chi connectivity index (χ4v) is 2.59. The molecule has 1 aromatic heterocycles. The molecule has 2 aromatic rings. The Hall–Kier alpha value is -1.16. The highest BCUT2D eigenvalue weighted by molar-refractivity contribution is 6.31. The zero-order valence-corrected chi connectivity index (χ0v) is 10.8. The van der Waals surface area contributed by atoms with E-state index in [-0.39, 0.29) is 0 Å². The van der Waals surface area contributed by atoms with Gasteiger partial charge in [0, 0.05) is 35.8 Å².